The van der Waals surface area contributed by atoms with E-state index < -0.39 is 19.9 Å². The first-order valence-electron chi connectivity index (χ1n) is 19.6. The second-order valence-corrected chi connectivity index (χ2v) is 14.4. The smallest absolute Gasteiger partial charge is 0.472 e. The summed E-state index contributed by atoms with van der Waals surface area (Å²) in [7, 11) is -4.31. The van der Waals surface area contributed by atoms with Gasteiger partial charge in [0, 0.05) is 12.6 Å². The van der Waals surface area contributed by atoms with Crippen molar-refractivity contribution in [2.45, 2.75) is 180 Å². The summed E-state index contributed by atoms with van der Waals surface area (Å²) in [5.74, 6) is -0.581. The number of ether oxygens (including phenoxy) is 2. The van der Waals surface area contributed by atoms with E-state index in [9.17, 15) is 14.3 Å². The molecule has 0 saturated carbocycles. The maximum atomic E-state index is 12.4. The Kier molecular flexibility index (Phi) is 35.7. The number of nitrogens with two attached hydrogens (primary N) is 1. The molecule has 0 rings (SSSR count). The number of unbranched alkanes of at least 4 members (excludes halogenated alkanes) is 23. The number of phosphoric ester groups is 1. The third-order valence-corrected chi connectivity index (χ3v) is 9.22. The van der Waals surface area contributed by atoms with Gasteiger partial charge in [-0.15, -0.1) is 0 Å². The van der Waals surface area contributed by atoms with Gasteiger partial charge in [0.25, 0.3) is 0 Å². The van der Waals surface area contributed by atoms with Crippen LogP contribution < -0.4 is 5.73 Å². The quantitative estimate of drug-likeness (QED) is 0.0164. The molecule has 0 fully saturated rings. The zero-order valence-electron chi connectivity index (χ0n) is 31.0. The summed E-state index contributed by atoms with van der Waals surface area (Å²) >= 11 is 0. The van der Waals surface area contributed by atoms with E-state index in [1.165, 1.54) is 141 Å². The van der Waals surface area contributed by atoms with E-state index >= 15 is 0 Å². The van der Waals surface area contributed by atoms with Gasteiger partial charge in [0.2, 0.25) is 0 Å². The Hall–Kier alpha value is -1.44. The zero-order chi connectivity index (χ0) is 35.2. The van der Waals surface area contributed by atoms with Crippen molar-refractivity contribution < 1.29 is 32.8 Å². The van der Waals surface area contributed by atoms with Crippen molar-refractivity contribution in [1.82, 2.24) is 0 Å². The molecule has 282 valence electrons. The Balaban J connectivity index is 4.24. The average molecular weight is 700 g/mol. The van der Waals surface area contributed by atoms with Gasteiger partial charge in [-0.1, -0.05) is 167 Å². The van der Waals surface area contributed by atoms with Crippen molar-refractivity contribution in [2.24, 2.45) is 5.73 Å². The SMILES string of the molecule is CCCCCCCCCCCCC/C=C/C=C/C(=O)O[C@H](CO/C=C/CCCCCCCCCCCCCC)COP(=O)(O)OCCN. The molecule has 0 aliphatic carbocycles. The van der Waals surface area contributed by atoms with Gasteiger partial charge in [-0.05, 0) is 31.8 Å². The second kappa shape index (κ2) is 36.8. The van der Waals surface area contributed by atoms with Crippen LogP contribution >= 0.6 is 7.82 Å². The molecule has 3 N–H and O–H groups in total. The van der Waals surface area contributed by atoms with Crippen LogP contribution in [-0.2, 0) is 27.9 Å². The molecule has 0 radical (unpaired) electrons. The average Bonchev–Trinajstić information content (AvgIpc) is 3.07. The number of rotatable bonds is 37. The molecule has 0 bridgehead atoms. The molecule has 0 aliphatic heterocycles. The lowest BCUT2D eigenvalue weighted by Crippen LogP contribution is -2.27. The third-order valence-electron chi connectivity index (χ3n) is 8.23. The van der Waals surface area contributed by atoms with E-state index in [0.29, 0.717) is 0 Å². The summed E-state index contributed by atoms with van der Waals surface area (Å²) in [5.41, 5.74) is 5.34. The Morgan fingerprint density at radius 3 is 1.58 bits per heavy atom. The molecule has 0 aromatic rings. The second-order valence-electron chi connectivity index (χ2n) is 12.9. The van der Waals surface area contributed by atoms with Crippen LogP contribution in [0.25, 0.3) is 0 Å². The first kappa shape index (κ1) is 46.6. The zero-order valence-corrected chi connectivity index (χ0v) is 31.9. The number of phosphoric acid groups is 1. The van der Waals surface area contributed by atoms with Crippen molar-refractivity contribution >= 4 is 13.8 Å². The van der Waals surface area contributed by atoms with Gasteiger partial charge in [0.15, 0.2) is 6.10 Å². The topological polar surface area (TPSA) is 117 Å². The predicted octanol–water partition coefficient (Wildman–Crippen LogP) is 11.4. The molecule has 0 amide bonds. The molecule has 48 heavy (non-hydrogen) atoms. The third kappa shape index (κ3) is 35.9. The summed E-state index contributed by atoms with van der Waals surface area (Å²) in [6, 6.07) is 0. The van der Waals surface area contributed by atoms with Crippen molar-refractivity contribution in [3.8, 4) is 0 Å². The minimum absolute atomic E-state index is 0.0138. The fourth-order valence-corrected chi connectivity index (χ4v) is 6.11. The van der Waals surface area contributed by atoms with Gasteiger partial charge in [0.05, 0.1) is 19.5 Å². The fourth-order valence-electron chi connectivity index (χ4n) is 5.34. The summed E-state index contributed by atoms with van der Waals surface area (Å²) in [6.07, 6.45) is 41.7. The number of allylic oxidation sites excluding steroid dienone is 4. The van der Waals surface area contributed by atoms with Crippen molar-refractivity contribution in [3.05, 3.63) is 36.6 Å². The van der Waals surface area contributed by atoms with Gasteiger partial charge in [-0.2, -0.15) is 0 Å². The highest BCUT2D eigenvalue weighted by molar-refractivity contribution is 7.47. The molecule has 0 aliphatic rings. The Bertz CT molecular complexity index is 833. The standard InChI is InChI=1S/C39H74NO7P/c1-3-5-7-9-11-13-15-17-19-20-22-24-26-28-30-32-39(41)47-38(37-46-48(42,43)45-35-33-40)36-44-34-31-29-27-25-23-21-18-16-14-12-10-8-6-4-2/h26,28,30-32,34,38H,3-25,27,29,33,35-37,40H2,1-2H3,(H,42,43)/b28-26+,32-30+,34-31+/t38-/m1/s1. The molecule has 0 spiro atoms. The van der Waals surface area contributed by atoms with Crippen LogP contribution in [0.3, 0.4) is 0 Å². The van der Waals surface area contributed by atoms with Crippen LogP contribution in [-0.4, -0.2) is 43.3 Å². The normalized spacial score (nSPS) is 13.9. The van der Waals surface area contributed by atoms with Gasteiger partial charge in [-0.3, -0.25) is 9.05 Å². The van der Waals surface area contributed by atoms with Crippen LogP contribution in [0.1, 0.15) is 174 Å². The van der Waals surface area contributed by atoms with Crippen molar-refractivity contribution in [2.75, 3.05) is 26.4 Å². The Morgan fingerprint density at radius 1 is 0.646 bits per heavy atom. The lowest BCUT2D eigenvalue weighted by molar-refractivity contribution is -0.147. The molecule has 0 heterocycles. The van der Waals surface area contributed by atoms with Crippen LogP contribution in [0, 0.1) is 0 Å². The molecule has 0 aromatic heterocycles. The minimum Gasteiger partial charge on any atom is -0.498 e. The van der Waals surface area contributed by atoms with Crippen LogP contribution in [0.15, 0.2) is 36.6 Å². The van der Waals surface area contributed by atoms with Gasteiger partial charge >= 0.3 is 13.8 Å². The number of carbonyl (C=O) groups is 1. The maximum absolute atomic E-state index is 12.4. The lowest BCUT2D eigenvalue weighted by atomic mass is 10.0. The predicted molar refractivity (Wildman–Crippen MR) is 201 cm³/mol. The van der Waals surface area contributed by atoms with Crippen molar-refractivity contribution in [1.29, 1.82) is 0 Å². The summed E-state index contributed by atoms with van der Waals surface area (Å²) in [6.45, 7) is 4.11. The summed E-state index contributed by atoms with van der Waals surface area (Å²) in [5, 5.41) is 0. The van der Waals surface area contributed by atoms with Crippen LogP contribution in [0.4, 0.5) is 0 Å². The summed E-state index contributed by atoms with van der Waals surface area (Å²) in [4.78, 5) is 22.2. The van der Waals surface area contributed by atoms with E-state index in [4.69, 9.17) is 24.3 Å². The molecule has 9 heteroatoms. The van der Waals surface area contributed by atoms with Gasteiger partial charge < -0.3 is 20.1 Å². The molecular formula is C39H74NO7P. The molecule has 8 nitrogen and oxygen atoms in total. The van der Waals surface area contributed by atoms with Gasteiger partial charge in [-0.25, -0.2) is 9.36 Å². The first-order valence-corrected chi connectivity index (χ1v) is 21.1. The van der Waals surface area contributed by atoms with Gasteiger partial charge in [0.1, 0.15) is 6.61 Å². The van der Waals surface area contributed by atoms with Crippen LogP contribution in [0.2, 0.25) is 0 Å². The van der Waals surface area contributed by atoms with E-state index in [1.807, 2.05) is 12.2 Å². The molecule has 2 atom stereocenters. The molecular weight excluding hydrogens is 625 g/mol. The Morgan fingerprint density at radius 2 is 1.10 bits per heavy atom. The maximum Gasteiger partial charge on any atom is 0.472 e. The monoisotopic (exact) mass is 700 g/mol. The Labute approximate surface area is 295 Å². The highest BCUT2D eigenvalue weighted by atomic mass is 31.2. The van der Waals surface area contributed by atoms with E-state index in [2.05, 4.69) is 19.9 Å². The number of esters is 1. The largest absolute Gasteiger partial charge is 0.498 e. The highest BCUT2D eigenvalue weighted by Crippen LogP contribution is 2.43. The fraction of sp³-hybridized carbons (Fsp3) is 0.821. The summed E-state index contributed by atoms with van der Waals surface area (Å²) < 4.78 is 32.9. The highest BCUT2D eigenvalue weighted by Gasteiger charge is 2.24. The first-order chi connectivity index (χ1) is 23.4. The molecule has 0 aromatic carbocycles. The molecule has 0 saturated heterocycles. The van der Waals surface area contributed by atoms with Crippen LogP contribution in [0.5, 0.6) is 0 Å². The lowest BCUT2D eigenvalue weighted by Gasteiger charge is -2.18. The van der Waals surface area contributed by atoms with Crippen molar-refractivity contribution in [3.63, 3.8) is 0 Å². The van der Waals surface area contributed by atoms with E-state index in [0.717, 1.165) is 25.7 Å². The minimum atomic E-state index is -4.31. The number of carbonyl (C=O) groups excluding carboxylic acids is 1. The molecule has 1 unspecified atom stereocenters. The van der Waals surface area contributed by atoms with E-state index in [-0.39, 0.29) is 26.4 Å². The van der Waals surface area contributed by atoms with E-state index in [1.54, 1.807) is 12.3 Å². The number of hydrogen-bond acceptors (Lipinski definition) is 7. The number of hydrogen-bond donors (Lipinski definition) is 2.